The Kier molecular flexibility index (Phi) is 6.79. The van der Waals surface area contributed by atoms with E-state index in [9.17, 15) is 5.11 Å². The van der Waals surface area contributed by atoms with E-state index in [4.69, 9.17) is 0 Å². The Balaban J connectivity index is 2.04. The largest absolute Gasteiger partial charge is 0.385 e. The number of rotatable bonds is 7. The molecule has 1 saturated heterocycles. The number of likely N-dealkylation sites (tertiary alicyclic amines) is 1. The molecule has 0 atom stereocenters. The highest BCUT2D eigenvalue weighted by atomic mass is 32.2. The van der Waals surface area contributed by atoms with E-state index in [1.807, 2.05) is 11.8 Å². The summed E-state index contributed by atoms with van der Waals surface area (Å²) in [5.41, 5.74) is 0.517. The van der Waals surface area contributed by atoms with Crippen LogP contribution in [0, 0.1) is 5.92 Å². The van der Waals surface area contributed by atoms with E-state index in [0.717, 1.165) is 43.8 Å². The van der Waals surface area contributed by atoms with E-state index >= 15 is 0 Å². The van der Waals surface area contributed by atoms with Gasteiger partial charge in [0.15, 0.2) is 0 Å². The summed E-state index contributed by atoms with van der Waals surface area (Å²) in [5.74, 6) is 1.84. The van der Waals surface area contributed by atoms with Crippen LogP contribution in [0.5, 0.6) is 0 Å². The van der Waals surface area contributed by atoms with E-state index < -0.39 is 5.60 Å². The Morgan fingerprint density at radius 1 is 1.23 bits per heavy atom. The summed E-state index contributed by atoms with van der Waals surface area (Å²) in [6, 6.07) is 8.47. The third kappa shape index (κ3) is 4.74. The number of unbranched alkanes of at least 4 members (excludes halogenated alkanes) is 1. The molecular weight excluding hydrogens is 290 g/mol. The van der Waals surface area contributed by atoms with Crippen molar-refractivity contribution in [2.45, 2.75) is 57.0 Å². The molecule has 1 fully saturated rings. The second kappa shape index (κ2) is 8.37. The average Bonchev–Trinajstić information content (AvgIpc) is 2.50. The molecule has 0 saturated carbocycles. The molecule has 0 bridgehead atoms. The number of piperidine rings is 1. The van der Waals surface area contributed by atoms with Gasteiger partial charge < -0.3 is 10.0 Å². The highest BCUT2D eigenvalue weighted by Gasteiger charge is 2.35. The van der Waals surface area contributed by atoms with Crippen molar-refractivity contribution in [2.24, 2.45) is 5.92 Å². The van der Waals surface area contributed by atoms with Crippen molar-refractivity contribution in [2.75, 3.05) is 25.4 Å². The lowest BCUT2D eigenvalue weighted by Gasteiger charge is -2.40. The van der Waals surface area contributed by atoms with Gasteiger partial charge in [-0.1, -0.05) is 45.4 Å². The Labute approximate surface area is 140 Å². The van der Waals surface area contributed by atoms with Gasteiger partial charge in [-0.25, -0.2) is 0 Å². The lowest BCUT2D eigenvalue weighted by atomic mass is 9.84. The lowest BCUT2D eigenvalue weighted by molar-refractivity contribution is -0.0299. The van der Waals surface area contributed by atoms with Crippen LogP contribution in [-0.4, -0.2) is 35.4 Å². The van der Waals surface area contributed by atoms with E-state index in [0.29, 0.717) is 5.92 Å². The van der Waals surface area contributed by atoms with Crippen molar-refractivity contribution >= 4 is 11.8 Å². The maximum absolute atomic E-state index is 11.2. The Bertz CT molecular complexity index is 453. The molecule has 0 unspecified atom stereocenters. The van der Waals surface area contributed by atoms with Gasteiger partial charge in [-0.05, 0) is 42.6 Å². The maximum atomic E-state index is 11.2. The Hall–Kier alpha value is -0.510. The van der Waals surface area contributed by atoms with Crippen LogP contribution in [0.1, 0.15) is 52.0 Å². The van der Waals surface area contributed by atoms with Gasteiger partial charge in [0, 0.05) is 24.5 Å². The minimum Gasteiger partial charge on any atom is -0.385 e. The van der Waals surface area contributed by atoms with Gasteiger partial charge in [0.05, 0.1) is 5.60 Å². The fraction of sp³-hybridized carbons (Fsp3) is 0.684. The van der Waals surface area contributed by atoms with E-state index in [1.54, 1.807) is 0 Å². The first-order valence-electron chi connectivity index (χ1n) is 8.72. The molecule has 124 valence electrons. The van der Waals surface area contributed by atoms with Crippen molar-refractivity contribution in [3.63, 3.8) is 0 Å². The summed E-state index contributed by atoms with van der Waals surface area (Å²) in [7, 11) is 0. The minimum absolute atomic E-state index is 0.636. The summed E-state index contributed by atoms with van der Waals surface area (Å²) >= 11 is 1.90. The van der Waals surface area contributed by atoms with Gasteiger partial charge in [-0.3, -0.25) is 0 Å². The van der Waals surface area contributed by atoms with Gasteiger partial charge >= 0.3 is 0 Å². The zero-order chi connectivity index (χ0) is 16.0. The van der Waals surface area contributed by atoms with E-state index in [1.165, 1.54) is 17.7 Å². The predicted octanol–water partition coefficient (Wildman–Crippen LogP) is 4.52. The Morgan fingerprint density at radius 2 is 1.91 bits per heavy atom. The maximum Gasteiger partial charge on any atom is 0.0931 e. The smallest absolute Gasteiger partial charge is 0.0931 e. The van der Waals surface area contributed by atoms with Gasteiger partial charge in [0.2, 0.25) is 0 Å². The summed E-state index contributed by atoms with van der Waals surface area (Å²) in [4.78, 5) is 3.77. The van der Waals surface area contributed by atoms with Crippen LogP contribution in [-0.2, 0) is 5.60 Å². The van der Waals surface area contributed by atoms with Gasteiger partial charge in [0.25, 0.3) is 0 Å². The number of thioether (sulfide) groups is 1. The van der Waals surface area contributed by atoms with Gasteiger partial charge in [-0.2, -0.15) is 0 Å². The first kappa shape index (κ1) is 17.8. The molecule has 2 rings (SSSR count). The highest BCUT2D eigenvalue weighted by molar-refractivity contribution is 7.99. The highest BCUT2D eigenvalue weighted by Crippen LogP contribution is 2.38. The summed E-state index contributed by atoms with van der Waals surface area (Å²) in [5, 5.41) is 11.2. The van der Waals surface area contributed by atoms with Crippen molar-refractivity contribution in [1.82, 2.24) is 4.90 Å². The standard InChI is InChI=1S/C19H31NOS/c1-4-5-14-22-18-9-7-6-8-17(18)19(21)10-12-20(13-11-19)15-16(2)3/h6-9,16,21H,4-5,10-15H2,1-3H3. The van der Waals surface area contributed by atoms with Crippen molar-refractivity contribution in [3.8, 4) is 0 Å². The van der Waals surface area contributed by atoms with Crippen LogP contribution < -0.4 is 0 Å². The van der Waals surface area contributed by atoms with E-state index in [2.05, 4.69) is 49.9 Å². The number of aliphatic hydroxyl groups is 1. The molecule has 1 heterocycles. The van der Waals surface area contributed by atoms with Crippen LogP contribution >= 0.6 is 11.8 Å². The average molecular weight is 322 g/mol. The molecule has 3 heteroatoms. The monoisotopic (exact) mass is 321 g/mol. The zero-order valence-corrected chi connectivity index (χ0v) is 15.2. The molecule has 1 aliphatic rings. The van der Waals surface area contributed by atoms with Crippen molar-refractivity contribution in [1.29, 1.82) is 0 Å². The number of nitrogens with zero attached hydrogens (tertiary/aromatic N) is 1. The molecule has 1 N–H and O–H groups in total. The van der Waals surface area contributed by atoms with Gasteiger partial charge in [0.1, 0.15) is 0 Å². The second-order valence-corrected chi connectivity index (χ2v) is 8.06. The first-order valence-corrected chi connectivity index (χ1v) is 9.71. The molecule has 0 radical (unpaired) electrons. The van der Waals surface area contributed by atoms with Crippen LogP contribution in [0.25, 0.3) is 0 Å². The predicted molar refractivity (Wildman–Crippen MR) is 96.5 cm³/mol. The first-order chi connectivity index (χ1) is 10.5. The van der Waals surface area contributed by atoms with Crippen LogP contribution in [0.4, 0.5) is 0 Å². The molecular formula is C19H31NOS. The molecule has 0 aromatic heterocycles. The molecule has 0 aliphatic carbocycles. The normalized spacial score (nSPS) is 18.8. The molecule has 1 aliphatic heterocycles. The third-order valence-electron chi connectivity index (χ3n) is 4.45. The summed E-state index contributed by atoms with van der Waals surface area (Å²) < 4.78 is 0. The lowest BCUT2D eigenvalue weighted by Crippen LogP contribution is -2.44. The SMILES string of the molecule is CCCCSc1ccccc1C1(O)CCN(CC(C)C)CC1. The molecule has 0 amide bonds. The molecule has 22 heavy (non-hydrogen) atoms. The fourth-order valence-electron chi connectivity index (χ4n) is 3.19. The molecule has 2 nitrogen and oxygen atoms in total. The third-order valence-corrected chi connectivity index (χ3v) is 5.61. The Morgan fingerprint density at radius 3 is 2.55 bits per heavy atom. The van der Waals surface area contributed by atoms with E-state index in [-0.39, 0.29) is 0 Å². The summed E-state index contributed by atoms with van der Waals surface area (Å²) in [6.07, 6.45) is 4.17. The van der Waals surface area contributed by atoms with Gasteiger partial charge in [-0.15, -0.1) is 11.8 Å². The van der Waals surface area contributed by atoms with Crippen LogP contribution in [0.15, 0.2) is 29.2 Å². The van der Waals surface area contributed by atoms with Crippen molar-refractivity contribution < 1.29 is 5.11 Å². The van der Waals surface area contributed by atoms with Crippen LogP contribution in [0.2, 0.25) is 0 Å². The quantitative estimate of drug-likeness (QED) is 0.590. The minimum atomic E-state index is -0.636. The number of benzene rings is 1. The topological polar surface area (TPSA) is 23.5 Å². The molecule has 0 spiro atoms. The second-order valence-electron chi connectivity index (χ2n) is 6.92. The number of hydrogen-bond donors (Lipinski definition) is 1. The fourth-order valence-corrected chi connectivity index (χ4v) is 4.44. The number of hydrogen-bond acceptors (Lipinski definition) is 3. The molecule has 1 aromatic carbocycles. The van der Waals surface area contributed by atoms with Crippen LogP contribution in [0.3, 0.4) is 0 Å². The molecule has 1 aromatic rings. The summed E-state index contributed by atoms with van der Waals surface area (Å²) in [6.45, 7) is 9.90. The zero-order valence-electron chi connectivity index (χ0n) is 14.3. The van der Waals surface area contributed by atoms with Crippen molar-refractivity contribution in [3.05, 3.63) is 29.8 Å².